The highest BCUT2D eigenvalue weighted by Gasteiger charge is 2.10. The van der Waals surface area contributed by atoms with Crippen molar-refractivity contribution in [3.8, 4) is 0 Å². The number of carboxylic acid groups (broad SMARTS) is 1. The number of hydrogen-bond donors (Lipinski definition) is 3. The van der Waals surface area contributed by atoms with Crippen molar-refractivity contribution in [2.24, 2.45) is 0 Å². The van der Waals surface area contributed by atoms with E-state index >= 15 is 0 Å². The van der Waals surface area contributed by atoms with Crippen molar-refractivity contribution in [3.05, 3.63) is 65.0 Å². The molecule has 1 aromatic carbocycles. The number of benzene rings is 1. The third-order valence-corrected chi connectivity index (χ3v) is 3.36. The molecule has 3 N–H and O–H groups in total. The van der Waals surface area contributed by atoms with Crippen LogP contribution in [0.15, 0.2) is 42.6 Å². The number of amides is 2. The van der Waals surface area contributed by atoms with E-state index in [1.54, 1.807) is 25.2 Å². The second-order valence-corrected chi connectivity index (χ2v) is 5.02. The van der Waals surface area contributed by atoms with Crippen molar-refractivity contribution in [1.82, 2.24) is 15.6 Å². The van der Waals surface area contributed by atoms with Gasteiger partial charge >= 0.3 is 5.97 Å². The third-order valence-electron chi connectivity index (χ3n) is 3.36. The fourth-order valence-electron chi connectivity index (χ4n) is 2.12. The van der Waals surface area contributed by atoms with Crippen LogP contribution in [0.3, 0.4) is 0 Å². The summed E-state index contributed by atoms with van der Waals surface area (Å²) < 4.78 is 0. The summed E-state index contributed by atoms with van der Waals surface area (Å²) in [5, 5.41) is 14.2. The first-order chi connectivity index (χ1) is 11.5. The minimum Gasteiger partial charge on any atom is -0.477 e. The summed E-state index contributed by atoms with van der Waals surface area (Å²) >= 11 is 0. The van der Waals surface area contributed by atoms with Crippen molar-refractivity contribution >= 4 is 17.8 Å². The average molecular weight is 327 g/mol. The molecule has 0 saturated heterocycles. The van der Waals surface area contributed by atoms with Crippen molar-refractivity contribution in [3.63, 3.8) is 0 Å². The van der Waals surface area contributed by atoms with Crippen molar-refractivity contribution in [1.29, 1.82) is 0 Å². The average Bonchev–Trinajstić information content (AvgIpc) is 2.61. The second kappa shape index (κ2) is 7.87. The molecule has 2 amide bonds. The topological polar surface area (TPSA) is 108 Å². The van der Waals surface area contributed by atoms with Gasteiger partial charge < -0.3 is 15.7 Å². The standard InChI is InChI=1S/C17H17N3O4/c1-18-15(21)12-4-2-3-11(9-12)5-7-20-16(22)13-6-8-19-14(10-13)17(23)24/h2-4,6,8-10H,5,7H2,1H3,(H,18,21)(H,20,22)(H,23,24). The molecule has 7 nitrogen and oxygen atoms in total. The molecule has 0 unspecified atom stereocenters. The maximum absolute atomic E-state index is 12.0. The number of pyridine rings is 1. The lowest BCUT2D eigenvalue weighted by atomic mass is 10.1. The van der Waals surface area contributed by atoms with Crippen LogP contribution in [0, 0.1) is 0 Å². The quantitative estimate of drug-likeness (QED) is 0.736. The van der Waals surface area contributed by atoms with Crippen LogP contribution >= 0.6 is 0 Å². The van der Waals surface area contributed by atoms with Crippen LogP contribution in [-0.2, 0) is 6.42 Å². The lowest BCUT2D eigenvalue weighted by molar-refractivity contribution is 0.0690. The predicted octanol–water partition coefficient (Wildman–Crippen LogP) is 1.11. The highest BCUT2D eigenvalue weighted by molar-refractivity contribution is 5.96. The van der Waals surface area contributed by atoms with Gasteiger partial charge in [-0.1, -0.05) is 12.1 Å². The number of rotatable bonds is 6. The van der Waals surface area contributed by atoms with E-state index in [-0.39, 0.29) is 23.1 Å². The van der Waals surface area contributed by atoms with Gasteiger partial charge in [-0.2, -0.15) is 0 Å². The first-order valence-electron chi connectivity index (χ1n) is 7.30. The van der Waals surface area contributed by atoms with Gasteiger partial charge in [-0.15, -0.1) is 0 Å². The fraction of sp³-hybridized carbons (Fsp3) is 0.176. The number of carbonyl (C=O) groups is 3. The number of aromatic nitrogens is 1. The van der Waals surface area contributed by atoms with Crippen LogP contribution < -0.4 is 10.6 Å². The molecular weight excluding hydrogens is 310 g/mol. The minimum absolute atomic E-state index is 0.168. The molecule has 0 atom stereocenters. The van der Waals surface area contributed by atoms with E-state index in [0.29, 0.717) is 18.5 Å². The lowest BCUT2D eigenvalue weighted by Crippen LogP contribution is -2.26. The smallest absolute Gasteiger partial charge is 0.354 e. The summed E-state index contributed by atoms with van der Waals surface area (Å²) in [4.78, 5) is 38.1. The Bertz CT molecular complexity index is 774. The molecule has 24 heavy (non-hydrogen) atoms. The summed E-state index contributed by atoms with van der Waals surface area (Å²) in [5.74, 6) is -1.73. The Balaban J connectivity index is 1.94. The molecule has 1 heterocycles. The molecule has 1 aromatic heterocycles. The number of carbonyl (C=O) groups excluding carboxylic acids is 2. The Morgan fingerprint density at radius 3 is 2.54 bits per heavy atom. The molecule has 0 radical (unpaired) electrons. The Kier molecular flexibility index (Phi) is 5.62. The van der Waals surface area contributed by atoms with Crippen molar-refractivity contribution in [2.75, 3.05) is 13.6 Å². The summed E-state index contributed by atoms with van der Waals surface area (Å²) in [6.07, 6.45) is 1.83. The van der Waals surface area contributed by atoms with Gasteiger partial charge in [0.2, 0.25) is 0 Å². The molecule has 124 valence electrons. The summed E-state index contributed by atoms with van der Waals surface area (Å²) in [6, 6.07) is 9.81. The first kappa shape index (κ1) is 17.1. The summed E-state index contributed by atoms with van der Waals surface area (Å²) in [7, 11) is 1.56. The van der Waals surface area contributed by atoms with Crippen LogP contribution in [-0.4, -0.2) is 41.5 Å². The van der Waals surface area contributed by atoms with Gasteiger partial charge in [0.05, 0.1) is 0 Å². The zero-order chi connectivity index (χ0) is 17.5. The summed E-state index contributed by atoms with van der Waals surface area (Å²) in [6.45, 7) is 0.362. The normalized spacial score (nSPS) is 10.0. The molecular formula is C17H17N3O4. The van der Waals surface area contributed by atoms with E-state index in [1.165, 1.54) is 18.3 Å². The third kappa shape index (κ3) is 4.39. The Morgan fingerprint density at radius 1 is 1.08 bits per heavy atom. The second-order valence-electron chi connectivity index (χ2n) is 5.02. The minimum atomic E-state index is -1.18. The predicted molar refractivity (Wildman–Crippen MR) is 87.1 cm³/mol. The number of nitrogens with one attached hydrogen (secondary N) is 2. The SMILES string of the molecule is CNC(=O)c1cccc(CCNC(=O)c2ccnc(C(=O)O)c2)c1. The van der Waals surface area contributed by atoms with Crippen LogP contribution in [0.5, 0.6) is 0 Å². The van der Waals surface area contributed by atoms with Crippen molar-refractivity contribution < 1.29 is 19.5 Å². The molecule has 0 aliphatic carbocycles. The van der Waals surface area contributed by atoms with Crippen molar-refractivity contribution in [2.45, 2.75) is 6.42 Å². The number of aromatic carboxylic acids is 1. The van der Waals surface area contributed by atoms with Gasteiger partial charge in [-0.05, 0) is 36.2 Å². The maximum Gasteiger partial charge on any atom is 0.354 e. The van der Waals surface area contributed by atoms with Crippen LogP contribution in [0.1, 0.15) is 36.8 Å². The lowest BCUT2D eigenvalue weighted by Gasteiger charge is -2.07. The van der Waals surface area contributed by atoms with Gasteiger partial charge in [0.15, 0.2) is 0 Å². The Hall–Kier alpha value is -3.22. The first-order valence-corrected chi connectivity index (χ1v) is 7.30. The van der Waals surface area contributed by atoms with E-state index in [2.05, 4.69) is 15.6 Å². The number of hydrogen-bond acceptors (Lipinski definition) is 4. The van der Waals surface area contributed by atoms with E-state index in [9.17, 15) is 14.4 Å². The molecule has 2 rings (SSSR count). The number of carboxylic acids is 1. The summed E-state index contributed by atoms with van der Waals surface area (Å²) in [5.41, 5.74) is 1.53. The number of nitrogens with zero attached hydrogens (tertiary/aromatic N) is 1. The van der Waals surface area contributed by atoms with Gasteiger partial charge in [-0.3, -0.25) is 9.59 Å². The highest BCUT2D eigenvalue weighted by atomic mass is 16.4. The molecule has 0 aliphatic heterocycles. The molecule has 7 heteroatoms. The fourth-order valence-corrected chi connectivity index (χ4v) is 2.12. The molecule has 0 saturated carbocycles. The molecule has 0 fully saturated rings. The Labute approximate surface area is 138 Å². The van der Waals surface area contributed by atoms with Gasteiger partial charge in [0, 0.05) is 30.9 Å². The zero-order valence-corrected chi connectivity index (χ0v) is 13.1. The highest BCUT2D eigenvalue weighted by Crippen LogP contribution is 2.06. The monoisotopic (exact) mass is 327 g/mol. The zero-order valence-electron chi connectivity index (χ0n) is 13.1. The van der Waals surface area contributed by atoms with Crippen LogP contribution in [0.4, 0.5) is 0 Å². The Morgan fingerprint density at radius 2 is 1.83 bits per heavy atom. The molecule has 0 aliphatic rings. The van der Waals surface area contributed by atoms with Gasteiger partial charge in [0.1, 0.15) is 5.69 Å². The van der Waals surface area contributed by atoms with Gasteiger partial charge in [-0.25, -0.2) is 9.78 Å². The van der Waals surface area contributed by atoms with Crippen LogP contribution in [0.2, 0.25) is 0 Å². The molecule has 0 spiro atoms. The van der Waals surface area contributed by atoms with Crippen LogP contribution in [0.25, 0.3) is 0 Å². The maximum atomic E-state index is 12.0. The van der Waals surface area contributed by atoms with Gasteiger partial charge in [0.25, 0.3) is 11.8 Å². The van der Waals surface area contributed by atoms with E-state index in [0.717, 1.165) is 5.56 Å². The largest absolute Gasteiger partial charge is 0.477 e. The molecule has 2 aromatic rings. The van der Waals surface area contributed by atoms with E-state index in [4.69, 9.17) is 5.11 Å². The van der Waals surface area contributed by atoms with E-state index < -0.39 is 5.97 Å². The molecule has 0 bridgehead atoms. The van der Waals surface area contributed by atoms with E-state index in [1.807, 2.05) is 6.07 Å².